The van der Waals surface area contributed by atoms with Gasteiger partial charge in [-0.25, -0.2) is 0 Å². The van der Waals surface area contributed by atoms with E-state index in [1.807, 2.05) is 14.1 Å². The maximum atomic E-state index is 10.8. The number of primary amides is 1. The van der Waals surface area contributed by atoms with E-state index in [-0.39, 0.29) is 5.75 Å². The highest BCUT2D eigenvalue weighted by Crippen LogP contribution is 2.04. The fourth-order valence-electron chi connectivity index (χ4n) is 1.52. The Morgan fingerprint density at radius 2 is 1.89 bits per heavy atom. The van der Waals surface area contributed by atoms with Gasteiger partial charge < -0.3 is 10.2 Å². The van der Waals surface area contributed by atoms with E-state index in [1.54, 1.807) is 13.0 Å². The molecule has 0 radical (unpaired) electrons. The molecule has 6 nitrogen and oxygen atoms in total. The monoisotopic (exact) mass is 279 g/mol. The van der Waals surface area contributed by atoms with Gasteiger partial charge in [-0.05, 0) is 6.92 Å². The third-order valence-corrected chi connectivity index (χ3v) is 3.54. The maximum Gasteiger partial charge on any atom is 0.265 e. The van der Waals surface area contributed by atoms with E-state index in [1.165, 1.54) is 0 Å². The molecule has 0 bridgehead atoms. The topological polar surface area (TPSA) is 97.5 Å². The molecular weight excluding hydrogens is 256 g/mol. The second-order valence-electron chi connectivity index (χ2n) is 5.06. The molecule has 0 aliphatic heterocycles. The highest BCUT2D eigenvalue weighted by Gasteiger charge is 2.15. The normalized spacial score (nSPS) is 13.7. The zero-order chi connectivity index (χ0) is 14.4. The molecule has 0 aliphatic carbocycles. The zero-order valence-electron chi connectivity index (χ0n) is 11.2. The molecule has 0 spiro atoms. The molecule has 3 N–H and O–H groups in total. The summed E-state index contributed by atoms with van der Waals surface area (Å²) in [4.78, 5) is 10.8. The number of carbonyl (C=O) groups excluding carboxylic acids is 1. The largest absolute Gasteiger partial charge is 0.366 e. The molecule has 0 saturated carbocycles. The molecule has 106 valence electrons. The van der Waals surface area contributed by atoms with Crippen molar-refractivity contribution >= 4 is 16.0 Å². The number of nitrogens with zero attached hydrogens (tertiary/aromatic N) is 1. The van der Waals surface area contributed by atoms with Gasteiger partial charge in [0.2, 0.25) is 5.91 Å². The van der Waals surface area contributed by atoms with E-state index in [0.717, 1.165) is 6.54 Å². The minimum Gasteiger partial charge on any atom is -0.366 e. The number of rotatable bonds is 8. The number of hydrogen-bond donors (Lipinski definition) is 2. The Hall–Kier alpha value is -0.920. The molecule has 0 unspecified atom stereocenters. The fraction of sp³-hybridized carbons (Fsp3) is 0.727. The van der Waals surface area contributed by atoms with Gasteiger partial charge in [0.1, 0.15) is 0 Å². The van der Waals surface area contributed by atoms with E-state index >= 15 is 0 Å². The summed E-state index contributed by atoms with van der Waals surface area (Å²) in [6.07, 6.45) is 2.89. The van der Waals surface area contributed by atoms with Crippen molar-refractivity contribution < 1.29 is 22.2 Å². The fourth-order valence-corrected chi connectivity index (χ4v) is 2.01. The molecule has 0 rings (SSSR count). The van der Waals surface area contributed by atoms with Gasteiger partial charge in [0.15, 0.2) is 0 Å². The Morgan fingerprint density at radius 1 is 1.33 bits per heavy atom. The van der Waals surface area contributed by atoms with Crippen LogP contribution in [0.1, 0.15) is 19.8 Å². The Labute approximate surface area is 109 Å². The number of hydrogen-bond acceptors (Lipinski definition) is 3. The van der Waals surface area contributed by atoms with Gasteiger partial charge in [-0.1, -0.05) is 6.08 Å². The first-order valence-corrected chi connectivity index (χ1v) is 7.38. The summed E-state index contributed by atoms with van der Waals surface area (Å²) >= 11 is 0. The van der Waals surface area contributed by atoms with Crippen molar-refractivity contribution in [1.29, 1.82) is 0 Å². The van der Waals surface area contributed by atoms with Crippen molar-refractivity contribution in [2.24, 2.45) is 5.73 Å². The van der Waals surface area contributed by atoms with Crippen LogP contribution in [0.3, 0.4) is 0 Å². The van der Waals surface area contributed by atoms with Crippen LogP contribution in [0.4, 0.5) is 0 Å². The molecule has 0 atom stereocenters. The van der Waals surface area contributed by atoms with Gasteiger partial charge in [-0.2, -0.15) is 8.42 Å². The molecule has 0 heterocycles. The third-order valence-electron chi connectivity index (χ3n) is 2.74. The Balaban J connectivity index is 4.09. The summed E-state index contributed by atoms with van der Waals surface area (Å²) in [5, 5.41) is 0. The molecular formula is C11H23N2O4S+. The quantitative estimate of drug-likeness (QED) is 0.376. The highest BCUT2D eigenvalue weighted by atomic mass is 32.2. The second-order valence-corrected chi connectivity index (χ2v) is 6.63. The molecule has 18 heavy (non-hydrogen) atoms. The average molecular weight is 279 g/mol. The van der Waals surface area contributed by atoms with Gasteiger partial charge in [-0.15, -0.1) is 0 Å². The van der Waals surface area contributed by atoms with E-state index in [4.69, 9.17) is 10.3 Å². The minimum absolute atomic E-state index is 0.217. The molecule has 0 aliphatic rings. The summed E-state index contributed by atoms with van der Waals surface area (Å²) in [5.74, 6) is -0.642. The Kier molecular flexibility index (Phi) is 6.51. The number of carbonyl (C=O) groups is 1. The van der Waals surface area contributed by atoms with Gasteiger partial charge >= 0.3 is 0 Å². The first-order chi connectivity index (χ1) is 8.03. The van der Waals surface area contributed by atoms with Crippen LogP contribution in [0.2, 0.25) is 0 Å². The van der Waals surface area contributed by atoms with Crippen molar-refractivity contribution in [2.75, 3.05) is 32.9 Å². The first kappa shape index (κ1) is 17.1. The SMILES string of the molecule is CC(=CCC[N+](C)(C)CCCS(=O)(=O)O)C(N)=O. The molecule has 0 saturated heterocycles. The lowest BCUT2D eigenvalue weighted by molar-refractivity contribution is -0.889. The van der Waals surface area contributed by atoms with E-state index in [0.29, 0.717) is 29.4 Å². The predicted octanol–water partition coefficient (Wildman–Crippen LogP) is 0.162. The van der Waals surface area contributed by atoms with Crippen LogP contribution in [-0.4, -0.2) is 56.3 Å². The van der Waals surface area contributed by atoms with Crippen LogP contribution in [0.5, 0.6) is 0 Å². The van der Waals surface area contributed by atoms with Gasteiger partial charge in [-0.3, -0.25) is 9.35 Å². The zero-order valence-corrected chi connectivity index (χ0v) is 12.0. The van der Waals surface area contributed by atoms with Crippen LogP contribution >= 0.6 is 0 Å². The van der Waals surface area contributed by atoms with Crippen LogP contribution in [-0.2, 0) is 14.9 Å². The Bertz CT molecular complexity index is 413. The molecule has 0 aromatic heterocycles. The predicted molar refractivity (Wildman–Crippen MR) is 70.4 cm³/mol. The van der Waals surface area contributed by atoms with Crippen LogP contribution in [0.15, 0.2) is 11.6 Å². The first-order valence-electron chi connectivity index (χ1n) is 5.77. The molecule has 7 heteroatoms. The average Bonchev–Trinajstić information content (AvgIpc) is 2.14. The highest BCUT2D eigenvalue weighted by molar-refractivity contribution is 7.85. The smallest absolute Gasteiger partial charge is 0.265 e. The van der Waals surface area contributed by atoms with Gasteiger partial charge in [0.25, 0.3) is 10.1 Å². The minimum atomic E-state index is -3.87. The molecule has 0 aromatic rings. The molecule has 0 aromatic carbocycles. The standard InChI is InChI=1S/C11H22N2O4S/c1-10(11(12)14)6-4-7-13(2,3)8-5-9-18(15,16)17/h6H,4-5,7-9H2,1-3H3,(H2-,12,14,15,16,17)/p+1. The lowest BCUT2D eigenvalue weighted by Gasteiger charge is -2.29. The second kappa shape index (κ2) is 6.86. The van der Waals surface area contributed by atoms with Crippen molar-refractivity contribution in [3.05, 3.63) is 11.6 Å². The number of amides is 1. The summed E-state index contributed by atoms with van der Waals surface area (Å²) < 4.78 is 30.4. The van der Waals surface area contributed by atoms with Crippen molar-refractivity contribution in [2.45, 2.75) is 19.8 Å². The number of quaternary nitrogens is 1. The van der Waals surface area contributed by atoms with Crippen LogP contribution in [0, 0.1) is 0 Å². The lowest BCUT2D eigenvalue weighted by Crippen LogP contribution is -2.41. The van der Waals surface area contributed by atoms with E-state index in [2.05, 4.69) is 0 Å². The molecule has 1 amide bonds. The maximum absolute atomic E-state index is 10.8. The van der Waals surface area contributed by atoms with Crippen LogP contribution < -0.4 is 5.73 Å². The molecule has 0 fully saturated rings. The summed E-state index contributed by atoms with van der Waals surface area (Å²) in [5.41, 5.74) is 5.64. The van der Waals surface area contributed by atoms with Gasteiger partial charge in [0.05, 0.1) is 32.9 Å². The number of nitrogens with two attached hydrogens (primary N) is 1. The van der Waals surface area contributed by atoms with E-state index < -0.39 is 16.0 Å². The van der Waals surface area contributed by atoms with E-state index in [9.17, 15) is 13.2 Å². The van der Waals surface area contributed by atoms with Crippen molar-refractivity contribution in [3.8, 4) is 0 Å². The van der Waals surface area contributed by atoms with Crippen molar-refractivity contribution in [3.63, 3.8) is 0 Å². The van der Waals surface area contributed by atoms with Crippen molar-refractivity contribution in [1.82, 2.24) is 0 Å². The summed E-state index contributed by atoms with van der Waals surface area (Å²) in [6.45, 7) is 3.08. The summed E-state index contributed by atoms with van der Waals surface area (Å²) in [7, 11) is 0.0645. The Morgan fingerprint density at radius 3 is 2.33 bits per heavy atom. The van der Waals surface area contributed by atoms with Gasteiger partial charge in [0, 0.05) is 18.4 Å². The lowest BCUT2D eigenvalue weighted by atomic mass is 10.2. The summed E-state index contributed by atoms with van der Waals surface area (Å²) in [6, 6.07) is 0. The van der Waals surface area contributed by atoms with Crippen LogP contribution in [0.25, 0.3) is 0 Å². The third kappa shape index (κ3) is 9.15.